The first kappa shape index (κ1) is 13.9. The van der Waals surface area contributed by atoms with Crippen molar-refractivity contribution >= 4 is 5.69 Å². The monoisotopic (exact) mass is 258 g/mol. The molecule has 0 heterocycles. The van der Waals surface area contributed by atoms with Gasteiger partial charge in [0.05, 0.1) is 18.2 Å². The number of nitriles is 1. The number of rotatable bonds is 4. The molecular weight excluding hydrogens is 236 g/mol. The second kappa shape index (κ2) is 6.58. The van der Waals surface area contributed by atoms with Crippen LogP contribution in [0.2, 0.25) is 0 Å². The highest BCUT2D eigenvalue weighted by Gasteiger charge is 2.22. The molecule has 0 unspecified atom stereocenters. The molecule has 0 saturated heterocycles. The molecule has 1 fully saturated rings. The maximum absolute atomic E-state index is 9.33. The number of benzene rings is 1. The lowest BCUT2D eigenvalue weighted by Gasteiger charge is -2.36. The van der Waals surface area contributed by atoms with Crippen molar-refractivity contribution in [1.82, 2.24) is 0 Å². The molecule has 3 heteroatoms. The number of aliphatic hydroxyl groups is 1. The van der Waals surface area contributed by atoms with Crippen molar-refractivity contribution in [2.75, 3.05) is 18.1 Å². The summed E-state index contributed by atoms with van der Waals surface area (Å²) in [6.45, 7) is 2.90. The Morgan fingerprint density at radius 1 is 1.32 bits per heavy atom. The highest BCUT2D eigenvalue weighted by molar-refractivity contribution is 5.57. The van der Waals surface area contributed by atoms with Crippen molar-refractivity contribution in [1.29, 1.82) is 5.26 Å². The first-order valence-corrected chi connectivity index (χ1v) is 7.14. The van der Waals surface area contributed by atoms with Crippen LogP contribution in [0.25, 0.3) is 0 Å². The second-order valence-corrected chi connectivity index (χ2v) is 5.32. The number of hydrogen-bond donors (Lipinski definition) is 1. The standard InChI is InChI=1S/C16H22N2O/c1-13-11-14(12-17)7-8-16(13)18(9-10-19)15-5-3-2-4-6-15/h7-8,11,15,19H,2-6,9-10H2,1H3. The maximum Gasteiger partial charge on any atom is 0.0991 e. The minimum absolute atomic E-state index is 0.177. The zero-order valence-electron chi connectivity index (χ0n) is 11.6. The highest BCUT2D eigenvalue weighted by Crippen LogP contribution is 2.29. The van der Waals surface area contributed by atoms with Gasteiger partial charge in [-0.1, -0.05) is 19.3 Å². The summed E-state index contributed by atoms with van der Waals surface area (Å²) >= 11 is 0. The topological polar surface area (TPSA) is 47.3 Å². The molecule has 19 heavy (non-hydrogen) atoms. The summed E-state index contributed by atoms with van der Waals surface area (Å²) in [6.07, 6.45) is 6.30. The largest absolute Gasteiger partial charge is 0.395 e. The van der Waals surface area contributed by atoms with E-state index >= 15 is 0 Å². The van der Waals surface area contributed by atoms with Crippen molar-refractivity contribution < 1.29 is 5.11 Å². The Kier molecular flexibility index (Phi) is 4.81. The van der Waals surface area contributed by atoms with Crippen molar-refractivity contribution in [3.63, 3.8) is 0 Å². The van der Waals surface area contributed by atoms with Crippen molar-refractivity contribution in [3.05, 3.63) is 29.3 Å². The predicted octanol–water partition coefficient (Wildman–Crippen LogP) is 3.00. The summed E-state index contributed by atoms with van der Waals surface area (Å²) < 4.78 is 0. The number of aliphatic hydroxyl groups excluding tert-OH is 1. The van der Waals surface area contributed by atoms with Gasteiger partial charge in [0, 0.05) is 18.3 Å². The summed E-state index contributed by atoms with van der Waals surface area (Å²) in [5, 5.41) is 18.3. The van der Waals surface area contributed by atoms with E-state index in [-0.39, 0.29) is 6.61 Å². The van der Waals surface area contributed by atoms with Crippen LogP contribution < -0.4 is 4.90 Å². The molecular formula is C16H22N2O. The number of anilines is 1. The van der Waals surface area contributed by atoms with E-state index in [4.69, 9.17) is 5.26 Å². The summed E-state index contributed by atoms with van der Waals surface area (Å²) in [5.74, 6) is 0. The fourth-order valence-electron chi connectivity index (χ4n) is 3.05. The van der Waals surface area contributed by atoms with Gasteiger partial charge in [-0.15, -0.1) is 0 Å². The molecule has 1 aliphatic rings. The SMILES string of the molecule is Cc1cc(C#N)ccc1N(CCO)C1CCCCC1. The molecule has 1 aromatic carbocycles. The quantitative estimate of drug-likeness (QED) is 0.903. The van der Waals surface area contributed by atoms with Crippen LogP contribution in [-0.2, 0) is 0 Å². The Labute approximate surface area is 115 Å². The van der Waals surface area contributed by atoms with Gasteiger partial charge in [-0.25, -0.2) is 0 Å². The summed E-state index contributed by atoms with van der Waals surface area (Å²) in [7, 11) is 0. The van der Waals surface area contributed by atoms with Gasteiger partial charge in [-0.2, -0.15) is 5.26 Å². The van der Waals surface area contributed by atoms with E-state index < -0.39 is 0 Å². The van der Waals surface area contributed by atoms with Crippen molar-refractivity contribution in [2.24, 2.45) is 0 Å². The number of nitrogens with zero attached hydrogens (tertiary/aromatic N) is 2. The molecule has 0 radical (unpaired) electrons. The summed E-state index contributed by atoms with van der Waals surface area (Å²) in [6, 6.07) is 8.54. The van der Waals surface area contributed by atoms with Crippen LogP contribution in [0.5, 0.6) is 0 Å². The third-order valence-corrected chi connectivity index (χ3v) is 3.99. The van der Waals surface area contributed by atoms with Crippen molar-refractivity contribution in [2.45, 2.75) is 45.1 Å². The minimum atomic E-state index is 0.177. The van der Waals surface area contributed by atoms with E-state index in [0.717, 1.165) is 5.56 Å². The Hall–Kier alpha value is -1.53. The van der Waals surface area contributed by atoms with Crippen LogP contribution in [-0.4, -0.2) is 24.3 Å². The lowest BCUT2D eigenvalue weighted by molar-refractivity contribution is 0.290. The number of hydrogen-bond acceptors (Lipinski definition) is 3. The van der Waals surface area contributed by atoms with Crippen LogP contribution in [0.3, 0.4) is 0 Å². The Bertz CT molecular complexity index is 458. The first-order chi connectivity index (χ1) is 9.26. The van der Waals surface area contributed by atoms with Gasteiger partial charge in [0.25, 0.3) is 0 Å². The molecule has 1 aromatic rings. The van der Waals surface area contributed by atoms with Crippen molar-refractivity contribution in [3.8, 4) is 6.07 Å². The normalized spacial score (nSPS) is 16.1. The smallest absolute Gasteiger partial charge is 0.0991 e. The van der Waals surface area contributed by atoms with Gasteiger partial charge >= 0.3 is 0 Å². The Balaban J connectivity index is 2.25. The van der Waals surface area contributed by atoms with E-state index in [2.05, 4.69) is 11.0 Å². The van der Waals surface area contributed by atoms with E-state index in [9.17, 15) is 5.11 Å². The maximum atomic E-state index is 9.33. The fourth-order valence-corrected chi connectivity index (χ4v) is 3.05. The molecule has 2 rings (SSSR count). The zero-order valence-corrected chi connectivity index (χ0v) is 11.6. The third-order valence-electron chi connectivity index (χ3n) is 3.99. The molecule has 1 aliphatic carbocycles. The van der Waals surface area contributed by atoms with Gasteiger partial charge in [-0.05, 0) is 43.5 Å². The minimum Gasteiger partial charge on any atom is -0.395 e. The average Bonchev–Trinajstić information content (AvgIpc) is 2.46. The van der Waals surface area contributed by atoms with Crippen LogP contribution in [0.4, 0.5) is 5.69 Å². The van der Waals surface area contributed by atoms with Crippen LogP contribution in [0.15, 0.2) is 18.2 Å². The van der Waals surface area contributed by atoms with Gasteiger partial charge in [0.15, 0.2) is 0 Å². The van der Waals surface area contributed by atoms with Crippen LogP contribution in [0.1, 0.15) is 43.2 Å². The van der Waals surface area contributed by atoms with E-state index in [1.807, 2.05) is 25.1 Å². The van der Waals surface area contributed by atoms with Gasteiger partial charge in [0.2, 0.25) is 0 Å². The van der Waals surface area contributed by atoms with E-state index in [1.165, 1.54) is 37.8 Å². The molecule has 0 amide bonds. The molecule has 1 saturated carbocycles. The second-order valence-electron chi connectivity index (χ2n) is 5.32. The van der Waals surface area contributed by atoms with Gasteiger partial charge < -0.3 is 10.0 Å². The molecule has 1 N–H and O–H groups in total. The highest BCUT2D eigenvalue weighted by atomic mass is 16.3. The van der Waals surface area contributed by atoms with Gasteiger partial charge in [-0.3, -0.25) is 0 Å². The summed E-state index contributed by atoms with van der Waals surface area (Å²) in [4.78, 5) is 2.33. The molecule has 3 nitrogen and oxygen atoms in total. The Morgan fingerprint density at radius 2 is 2.05 bits per heavy atom. The molecule has 0 aliphatic heterocycles. The molecule has 0 atom stereocenters. The number of aryl methyl sites for hydroxylation is 1. The predicted molar refractivity (Wildman–Crippen MR) is 77.2 cm³/mol. The first-order valence-electron chi connectivity index (χ1n) is 7.14. The molecule has 0 spiro atoms. The lowest BCUT2D eigenvalue weighted by Crippen LogP contribution is -2.39. The van der Waals surface area contributed by atoms with Gasteiger partial charge in [0.1, 0.15) is 0 Å². The fraction of sp³-hybridized carbons (Fsp3) is 0.562. The summed E-state index contributed by atoms with van der Waals surface area (Å²) in [5.41, 5.74) is 2.99. The third kappa shape index (κ3) is 3.27. The molecule has 0 aromatic heterocycles. The molecule has 0 bridgehead atoms. The average molecular weight is 258 g/mol. The van der Waals surface area contributed by atoms with E-state index in [0.29, 0.717) is 18.2 Å². The van der Waals surface area contributed by atoms with Crippen LogP contribution in [0, 0.1) is 18.3 Å². The molecule has 102 valence electrons. The zero-order chi connectivity index (χ0) is 13.7. The Morgan fingerprint density at radius 3 is 2.63 bits per heavy atom. The van der Waals surface area contributed by atoms with Crippen LogP contribution >= 0.6 is 0 Å². The lowest BCUT2D eigenvalue weighted by atomic mass is 9.93. The van der Waals surface area contributed by atoms with E-state index in [1.54, 1.807) is 0 Å².